The summed E-state index contributed by atoms with van der Waals surface area (Å²) in [5.41, 5.74) is 4.48. The van der Waals surface area contributed by atoms with Crippen molar-refractivity contribution in [1.29, 1.82) is 0 Å². The van der Waals surface area contributed by atoms with E-state index < -0.39 is 231 Å². The molecule has 0 radical (unpaired) electrons. The van der Waals surface area contributed by atoms with Crippen LogP contribution in [0.15, 0.2) is 132 Å². The van der Waals surface area contributed by atoms with E-state index in [9.17, 15) is 69.9 Å². The number of amides is 7. The van der Waals surface area contributed by atoms with Gasteiger partial charge >= 0.3 is 5.97 Å². The summed E-state index contributed by atoms with van der Waals surface area (Å²) in [6, 6.07) is 15.7. The summed E-state index contributed by atoms with van der Waals surface area (Å²) in [5.74, 6) is -16.4. The normalized spacial score (nSPS) is 27.2. The molecule has 608 valence electrons. The van der Waals surface area contributed by atoms with E-state index in [0.717, 1.165) is 77.4 Å². The summed E-state index contributed by atoms with van der Waals surface area (Å²) >= 11 is 20.5. The monoisotopic (exact) mass is 1640 g/mol. The van der Waals surface area contributed by atoms with Crippen molar-refractivity contribution in [2.24, 2.45) is 22.6 Å². The third-order valence-electron chi connectivity index (χ3n) is 20.6. The maximum atomic E-state index is 16.2. The highest BCUT2D eigenvalue weighted by molar-refractivity contribution is 6.32. The topological polar surface area (TPSA) is 497 Å². The molecule has 0 aliphatic carbocycles. The van der Waals surface area contributed by atoms with Gasteiger partial charge in [-0.1, -0.05) is 110 Å². The first-order chi connectivity index (χ1) is 54.6. The average molecular weight is 1650 g/mol. The second-order valence-corrected chi connectivity index (χ2v) is 30.7. The molecule has 32 nitrogen and oxygen atoms in total. The molecule has 11 bridgehead atoms. The molecule has 115 heavy (non-hydrogen) atoms. The Labute approximate surface area is 672 Å². The van der Waals surface area contributed by atoms with Crippen LogP contribution in [0.1, 0.15) is 118 Å². The maximum absolute atomic E-state index is 16.2. The molecular formula is C80H84Cl3N9O23. The Morgan fingerprint density at radius 1 is 0.670 bits per heavy atom. The Balaban J connectivity index is 1.04. The molecular weight excluding hydrogens is 1560 g/mol. The van der Waals surface area contributed by atoms with Crippen molar-refractivity contribution in [2.45, 2.75) is 164 Å². The first-order valence-electron chi connectivity index (χ1n) is 36.5. The Kier molecular flexibility index (Phi) is 25.3. The van der Waals surface area contributed by atoms with Crippen molar-refractivity contribution in [3.05, 3.63) is 176 Å². The number of nitrogens with zero attached hydrogens (tertiary/aromatic N) is 1. The number of nitrogens with one attached hydrogen (secondary N) is 7. The number of hydrogen-bond acceptors (Lipinski definition) is 24. The van der Waals surface area contributed by atoms with Gasteiger partial charge in [-0.3, -0.25) is 38.6 Å². The number of phenolic OH excluding ortho intramolecular Hbond substituents is 3. The molecule has 0 aromatic heterocycles. The second-order valence-electron chi connectivity index (χ2n) is 29.5. The number of phenols is 3. The number of halogens is 3. The van der Waals surface area contributed by atoms with Gasteiger partial charge in [0.15, 0.2) is 29.9 Å². The SMILES string of the molecule is C=NCC1OC(Oc2c3cc4cc2Oc2ccc(cc2Cl)[C@@H](O)[C@@H](NC(=O)[C@@H](C)CC(C)C)C(=O)N[C@@H](CC(N)=O)C(=O)N[C@H]4C(=O)NC2C(=O)N[C@H](C(=O)N[C@@H](C(=O)O)c4cc(O)cc(O)c4-c4cc2ccc4O)[C@H](O)c2ccc(c(Cl)c2)O3)C(OC2CC(C)(NCc3ccc(-c4ccc(Cl)cc4)cc3)C(O)C(C)O2)C(O)C1O. The zero-order valence-corrected chi connectivity index (χ0v) is 64.4. The summed E-state index contributed by atoms with van der Waals surface area (Å²) in [6.45, 7) is 12.0. The quantitative estimate of drug-likeness (QED) is 0.0464. The molecule has 7 heterocycles. The number of aromatic hydroxyl groups is 3. The highest BCUT2D eigenvalue weighted by atomic mass is 35.5. The molecule has 2 fully saturated rings. The Morgan fingerprint density at radius 2 is 1.27 bits per heavy atom. The third kappa shape index (κ3) is 18.3. The van der Waals surface area contributed by atoms with Gasteiger partial charge in [0.2, 0.25) is 53.4 Å². The van der Waals surface area contributed by atoms with Gasteiger partial charge in [0.25, 0.3) is 0 Å². The van der Waals surface area contributed by atoms with Crippen LogP contribution in [0.3, 0.4) is 0 Å². The number of aliphatic imine (C=N–C) groups is 1. The van der Waals surface area contributed by atoms with Crippen LogP contribution in [0, 0.1) is 11.8 Å². The van der Waals surface area contributed by atoms with Crippen LogP contribution < -0.4 is 57.2 Å². The highest BCUT2D eigenvalue weighted by Gasteiger charge is 2.52. The number of carboxylic acids is 1. The predicted molar refractivity (Wildman–Crippen MR) is 412 cm³/mol. The van der Waals surface area contributed by atoms with Crippen LogP contribution in [0.25, 0.3) is 22.3 Å². The van der Waals surface area contributed by atoms with Gasteiger partial charge in [-0.2, -0.15) is 0 Å². The first kappa shape index (κ1) is 83.7. The number of aliphatic hydroxyl groups is 5. The number of hydrogen-bond donors (Lipinski definition) is 17. The lowest BCUT2D eigenvalue weighted by molar-refractivity contribution is -0.331. The van der Waals surface area contributed by atoms with Crippen LogP contribution in [-0.4, -0.2) is 179 Å². The molecule has 0 saturated carbocycles. The summed E-state index contributed by atoms with van der Waals surface area (Å²) in [6.07, 6.45) is -17.8. The fraction of sp³-hybridized carbons (Fsp3) is 0.362. The third-order valence-corrected chi connectivity index (χ3v) is 21.4. The standard InChI is InChI=1S/C80H84Cl3N9O23/c1-33(2)21-34(3)72(102)91-63-65(97)40-14-19-52(47(82)23-40)111-54-25-42-26-55(69(54)115-79-70(68(100)67(99)56(113-79)32-85-6)114-58-30-80(5,71(101)35(4)110-58)86-31-36-7-9-37(10-8-36)38-11-16-43(81)17-12-38)112-53-20-15-41(24-48(53)83)66(98)64-77(107)90-62(78(108)109)46-27-44(93)28-51(95)59(46)45-22-39(13-18-50(45)94)60(74(104)92-64)89-75(105)61(42)88-73(103)49(29-57(84)96)87-76(63)106/h7-20,22-28,33-35,49,56,58,60-68,70-71,79,86,93-95,97-101H,6,21,29-32H2,1-5H3,(H2,84,96)(H,87,106)(H,88,103)(H,89,105)(H,90,107)(H,91,102)(H,92,104)(H,108,109)/t34-,35?,49-,56?,58?,60?,61+,62+,63+,64-,65+,66+,67?,68?,70?,71?,79?,80?/m0/s1. The van der Waals surface area contributed by atoms with Crippen molar-refractivity contribution in [3.8, 4) is 68.2 Å². The number of nitrogens with two attached hydrogens (primary N) is 1. The van der Waals surface area contributed by atoms with Gasteiger partial charge in [0, 0.05) is 52.2 Å². The van der Waals surface area contributed by atoms with Crippen molar-refractivity contribution in [1.82, 2.24) is 37.2 Å². The van der Waals surface area contributed by atoms with E-state index in [1.807, 2.05) is 50.2 Å². The Morgan fingerprint density at radius 3 is 1.88 bits per heavy atom. The lowest BCUT2D eigenvalue weighted by atomic mass is 9.84. The second kappa shape index (κ2) is 34.8. The minimum Gasteiger partial charge on any atom is -0.508 e. The lowest BCUT2D eigenvalue weighted by Crippen LogP contribution is -2.65. The van der Waals surface area contributed by atoms with Gasteiger partial charge in [-0.05, 0) is 139 Å². The number of aliphatic carboxylic acids is 1. The van der Waals surface area contributed by atoms with Crippen LogP contribution in [0.2, 0.25) is 15.1 Å². The van der Waals surface area contributed by atoms with Gasteiger partial charge in [0.1, 0.15) is 89.5 Å². The van der Waals surface area contributed by atoms with Crippen LogP contribution in [0.5, 0.6) is 46.0 Å². The summed E-state index contributed by atoms with van der Waals surface area (Å²) in [4.78, 5) is 122. The van der Waals surface area contributed by atoms with E-state index in [-0.39, 0.29) is 52.1 Å². The average Bonchev–Trinajstić information content (AvgIpc) is 0.767. The first-order valence-corrected chi connectivity index (χ1v) is 37.6. The zero-order valence-electron chi connectivity index (χ0n) is 62.2. The number of primary amides is 1. The van der Waals surface area contributed by atoms with Gasteiger partial charge in [0.05, 0.1) is 35.2 Å². The number of fused-ring (bicyclic) bond motifs is 15. The number of ether oxygens (including phenoxy) is 6. The van der Waals surface area contributed by atoms with Crippen LogP contribution in [-0.2, 0) is 59.1 Å². The van der Waals surface area contributed by atoms with E-state index in [4.69, 9.17) is 69.0 Å². The van der Waals surface area contributed by atoms with E-state index in [2.05, 4.69) is 48.9 Å². The van der Waals surface area contributed by atoms with E-state index in [1.165, 1.54) is 18.2 Å². The molecule has 35 heteroatoms. The largest absolute Gasteiger partial charge is 0.508 e. The number of rotatable bonds is 17. The van der Waals surface area contributed by atoms with Crippen molar-refractivity contribution in [3.63, 3.8) is 0 Å². The summed E-state index contributed by atoms with van der Waals surface area (Å²) in [7, 11) is 0. The van der Waals surface area contributed by atoms with Crippen molar-refractivity contribution >= 4 is 88.8 Å². The van der Waals surface area contributed by atoms with Gasteiger partial charge < -0.3 is 117 Å². The van der Waals surface area contributed by atoms with Crippen molar-refractivity contribution in [2.75, 3.05) is 6.54 Å². The zero-order chi connectivity index (χ0) is 82.9. The number of aliphatic hydroxyl groups excluding tert-OH is 5. The minimum absolute atomic E-state index is 0.0448. The molecule has 7 aliphatic heterocycles. The molecule has 7 aromatic carbocycles. The molecule has 2 saturated heterocycles. The number of carboxylic acid groups (broad SMARTS) is 1. The summed E-state index contributed by atoms with van der Waals surface area (Å²) < 4.78 is 39.9. The molecule has 18 atom stereocenters. The van der Waals surface area contributed by atoms with Gasteiger partial charge in [-0.25, -0.2) is 4.79 Å². The molecule has 7 aromatic rings. The molecule has 10 unspecified atom stereocenters. The smallest absolute Gasteiger partial charge is 0.330 e. The fourth-order valence-electron chi connectivity index (χ4n) is 14.6. The van der Waals surface area contributed by atoms with Gasteiger partial charge in [-0.15, -0.1) is 0 Å². The van der Waals surface area contributed by atoms with E-state index >= 15 is 14.4 Å². The Hall–Kier alpha value is -10.7. The Bertz CT molecular complexity index is 4930. The lowest BCUT2D eigenvalue weighted by Gasteiger charge is -2.48. The fourth-order valence-corrected chi connectivity index (χ4v) is 15.1. The van der Waals surface area contributed by atoms with Crippen LogP contribution >= 0.6 is 34.8 Å². The highest BCUT2D eigenvalue weighted by Crippen LogP contribution is 2.50. The molecule has 7 aliphatic rings. The minimum atomic E-state index is -2.34. The van der Waals surface area contributed by atoms with Crippen LogP contribution in [0.4, 0.5) is 0 Å². The summed E-state index contributed by atoms with van der Waals surface area (Å²) in [5, 5.41) is 124. The van der Waals surface area contributed by atoms with Crippen molar-refractivity contribution < 1.29 is 113 Å². The molecule has 0 spiro atoms. The molecule has 7 amide bonds. The molecule has 14 rings (SSSR count). The van der Waals surface area contributed by atoms with E-state index in [0.29, 0.717) is 11.4 Å². The van der Waals surface area contributed by atoms with E-state index in [1.54, 1.807) is 32.9 Å². The number of carbonyl (C=O) groups excluding carboxylic acids is 7. The molecule has 18 N–H and O–H groups in total. The number of carbonyl (C=O) groups is 8. The maximum Gasteiger partial charge on any atom is 0.330 e. The predicted octanol–water partition coefficient (Wildman–Crippen LogP) is 6.01. The number of benzene rings is 7.